The van der Waals surface area contributed by atoms with Gasteiger partial charge in [-0.05, 0) is 60.5 Å². The van der Waals surface area contributed by atoms with Crippen LogP contribution in [0.2, 0.25) is 5.02 Å². The lowest BCUT2D eigenvalue weighted by atomic mass is 10.1. The Hall–Kier alpha value is -3.23. The fraction of sp³-hybridized carbons (Fsp3) is 0.240. The fourth-order valence-electron chi connectivity index (χ4n) is 3.65. The number of halogens is 1. The molecule has 0 bridgehead atoms. The van der Waals surface area contributed by atoms with Crippen LogP contribution in [0.1, 0.15) is 34.5 Å². The number of nitrogens with zero attached hydrogens (tertiary/aromatic N) is 1. The second kappa shape index (κ2) is 9.95. The van der Waals surface area contributed by atoms with Crippen molar-refractivity contribution < 1.29 is 22.7 Å². The molecule has 1 atom stereocenters. The maximum absolute atomic E-state index is 12.8. The molecule has 178 valence electrons. The number of carbonyl (C=O) groups excluding carboxylic acids is 1. The van der Waals surface area contributed by atoms with Gasteiger partial charge in [0.2, 0.25) is 10.0 Å². The zero-order valence-corrected chi connectivity index (χ0v) is 20.4. The first-order valence-electron chi connectivity index (χ1n) is 10.7. The van der Waals surface area contributed by atoms with Gasteiger partial charge in [-0.2, -0.15) is 0 Å². The van der Waals surface area contributed by atoms with E-state index < -0.39 is 10.0 Å². The van der Waals surface area contributed by atoms with E-state index in [0.717, 1.165) is 17.4 Å². The molecule has 0 radical (unpaired) electrons. The van der Waals surface area contributed by atoms with Gasteiger partial charge in [-0.25, -0.2) is 8.42 Å². The molecular formula is C25H25ClN2O5S. The molecule has 1 aliphatic rings. The van der Waals surface area contributed by atoms with Crippen LogP contribution in [0.3, 0.4) is 0 Å². The van der Waals surface area contributed by atoms with Crippen LogP contribution >= 0.6 is 11.6 Å². The summed E-state index contributed by atoms with van der Waals surface area (Å²) in [6.45, 7) is 3.04. The normalized spacial score (nSPS) is 13.7. The Kier molecular flexibility index (Phi) is 7.00. The third-order valence-corrected chi connectivity index (χ3v) is 6.83. The highest BCUT2D eigenvalue weighted by Gasteiger charge is 2.19. The lowest BCUT2D eigenvalue weighted by Gasteiger charge is -2.23. The standard InChI is InChI=1S/C25H25ClN2O5S/c1-17(20-10-11-23-24(14-20)33-13-12-32-23)27-25(29)19-8-6-18(7-9-19)16-28(34(2,30)31)22-5-3-4-21(26)15-22/h3-11,14-15,17H,12-13,16H2,1-2H3,(H,27,29). The lowest BCUT2D eigenvalue weighted by molar-refractivity contribution is 0.0939. The summed E-state index contributed by atoms with van der Waals surface area (Å²) in [6.07, 6.45) is 1.15. The van der Waals surface area contributed by atoms with Crippen molar-refractivity contribution >= 4 is 33.2 Å². The van der Waals surface area contributed by atoms with Gasteiger partial charge in [-0.15, -0.1) is 0 Å². The van der Waals surface area contributed by atoms with E-state index in [1.807, 2.05) is 25.1 Å². The number of ether oxygens (including phenoxy) is 2. The van der Waals surface area contributed by atoms with Crippen LogP contribution in [0.15, 0.2) is 66.7 Å². The summed E-state index contributed by atoms with van der Waals surface area (Å²) < 4.78 is 37.2. The van der Waals surface area contributed by atoms with Gasteiger partial charge in [0.15, 0.2) is 11.5 Å². The Labute approximate surface area is 204 Å². The summed E-state index contributed by atoms with van der Waals surface area (Å²) in [7, 11) is -3.54. The van der Waals surface area contributed by atoms with Crippen molar-refractivity contribution in [1.29, 1.82) is 0 Å². The van der Waals surface area contributed by atoms with Gasteiger partial charge in [0.1, 0.15) is 13.2 Å². The number of anilines is 1. The molecule has 1 aliphatic heterocycles. The van der Waals surface area contributed by atoms with Crippen LogP contribution in [-0.2, 0) is 16.6 Å². The molecule has 1 N–H and O–H groups in total. The van der Waals surface area contributed by atoms with E-state index in [1.54, 1.807) is 48.5 Å². The van der Waals surface area contributed by atoms with E-state index in [0.29, 0.717) is 41.0 Å². The quantitative estimate of drug-likeness (QED) is 0.513. The first-order valence-corrected chi connectivity index (χ1v) is 13.0. The van der Waals surface area contributed by atoms with Gasteiger partial charge in [0.25, 0.3) is 5.91 Å². The third kappa shape index (κ3) is 5.63. The molecule has 0 fully saturated rings. The van der Waals surface area contributed by atoms with Crippen LogP contribution in [0, 0.1) is 0 Å². The minimum Gasteiger partial charge on any atom is -0.486 e. The fourth-order valence-corrected chi connectivity index (χ4v) is 4.72. The molecule has 0 spiro atoms. The molecular weight excluding hydrogens is 476 g/mol. The molecule has 0 aliphatic carbocycles. The predicted octanol–water partition coefficient (Wildman–Crippen LogP) is 4.57. The third-order valence-electron chi connectivity index (χ3n) is 5.45. The summed E-state index contributed by atoms with van der Waals surface area (Å²) in [6, 6.07) is 18.9. The maximum atomic E-state index is 12.8. The summed E-state index contributed by atoms with van der Waals surface area (Å²) in [5, 5.41) is 3.43. The van der Waals surface area contributed by atoms with Crippen molar-refractivity contribution in [2.75, 3.05) is 23.8 Å². The second-order valence-electron chi connectivity index (χ2n) is 8.04. The maximum Gasteiger partial charge on any atom is 0.251 e. The van der Waals surface area contributed by atoms with Crippen molar-refractivity contribution in [3.63, 3.8) is 0 Å². The SMILES string of the molecule is CC(NC(=O)c1ccc(CN(c2cccc(Cl)c2)S(C)(=O)=O)cc1)c1ccc2c(c1)OCCO2. The first-order chi connectivity index (χ1) is 16.2. The topological polar surface area (TPSA) is 84.9 Å². The van der Waals surface area contributed by atoms with Crippen molar-refractivity contribution in [3.05, 3.63) is 88.4 Å². The van der Waals surface area contributed by atoms with E-state index in [4.69, 9.17) is 21.1 Å². The van der Waals surface area contributed by atoms with Crippen LogP contribution in [0.5, 0.6) is 11.5 Å². The van der Waals surface area contributed by atoms with Crippen LogP contribution < -0.4 is 19.1 Å². The largest absolute Gasteiger partial charge is 0.486 e. The van der Waals surface area contributed by atoms with Crippen molar-refractivity contribution in [2.24, 2.45) is 0 Å². The molecule has 0 saturated carbocycles. The first kappa shape index (κ1) is 23.9. The summed E-state index contributed by atoms with van der Waals surface area (Å²) in [5.74, 6) is 1.14. The van der Waals surface area contributed by atoms with Gasteiger partial charge < -0.3 is 14.8 Å². The molecule has 9 heteroatoms. The van der Waals surface area contributed by atoms with Crippen LogP contribution in [0.25, 0.3) is 0 Å². The number of hydrogen-bond donors (Lipinski definition) is 1. The van der Waals surface area contributed by atoms with E-state index in [-0.39, 0.29) is 18.5 Å². The molecule has 3 aromatic carbocycles. The molecule has 3 aromatic rings. The van der Waals surface area contributed by atoms with Crippen molar-refractivity contribution in [2.45, 2.75) is 19.5 Å². The number of sulfonamides is 1. The molecule has 4 rings (SSSR count). The van der Waals surface area contributed by atoms with Gasteiger partial charge in [-0.1, -0.05) is 35.9 Å². The molecule has 0 saturated heterocycles. The average molecular weight is 501 g/mol. The highest BCUT2D eigenvalue weighted by Crippen LogP contribution is 2.32. The van der Waals surface area contributed by atoms with E-state index >= 15 is 0 Å². The van der Waals surface area contributed by atoms with Gasteiger partial charge >= 0.3 is 0 Å². The number of rotatable bonds is 7. The smallest absolute Gasteiger partial charge is 0.251 e. The Balaban J connectivity index is 1.44. The highest BCUT2D eigenvalue weighted by atomic mass is 35.5. The molecule has 7 nitrogen and oxygen atoms in total. The zero-order valence-electron chi connectivity index (χ0n) is 18.8. The summed E-state index contributed by atoms with van der Waals surface area (Å²) in [4.78, 5) is 12.8. The minimum absolute atomic E-state index is 0.120. The number of amides is 1. The zero-order chi connectivity index (χ0) is 24.3. The van der Waals surface area contributed by atoms with Gasteiger partial charge in [0.05, 0.1) is 24.5 Å². The minimum atomic E-state index is -3.54. The molecule has 34 heavy (non-hydrogen) atoms. The van der Waals surface area contributed by atoms with Gasteiger partial charge in [-0.3, -0.25) is 9.10 Å². The predicted molar refractivity (Wildman–Crippen MR) is 132 cm³/mol. The van der Waals surface area contributed by atoms with Crippen molar-refractivity contribution in [1.82, 2.24) is 5.32 Å². The van der Waals surface area contributed by atoms with Crippen molar-refractivity contribution in [3.8, 4) is 11.5 Å². The highest BCUT2D eigenvalue weighted by molar-refractivity contribution is 7.92. The van der Waals surface area contributed by atoms with E-state index in [2.05, 4.69) is 5.32 Å². The average Bonchev–Trinajstić information content (AvgIpc) is 2.81. The van der Waals surface area contributed by atoms with Crippen LogP contribution in [-0.4, -0.2) is 33.8 Å². The van der Waals surface area contributed by atoms with E-state index in [1.165, 1.54) is 4.31 Å². The molecule has 0 aromatic heterocycles. The molecule has 1 amide bonds. The number of fused-ring (bicyclic) bond motifs is 1. The Morgan fingerprint density at radius 1 is 1.03 bits per heavy atom. The second-order valence-corrected chi connectivity index (χ2v) is 10.4. The van der Waals surface area contributed by atoms with Gasteiger partial charge in [0, 0.05) is 10.6 Å². The number of nitrogens with one attached hydrogen (secondary N) is 1. The Morgan fingerprint density at radius 2 is 1.74 bits per heavy atom. The molecule has 1 unspecified atom stereocenters. The number of hydrogen-bond acceptors (Lipinski definition) is 5. The number of carbonyl (C=O) groups is 1. The monoisotopic (exact) mass is 500 g/mol. The Bertz CT molecular complexity index is 1290. The van der Waals surface area contributed by atoms with Crippen LogP contribution in [0.4, 0.5) is 5.69 Å². The number of benzene rings is 3. The van der Waals surface area contributed by atoms with E-state index in [9.17, 15) is 13.2 Å². The summed E-state index contributed by atoms with van der Waals surface area (Å²) >= 11 is 6.04. The molecule has 1 heterocycles. The summed E-state index contributed by atoms with van der Waals surface area (Å²) in [5.41, 5.74) is 2.59. The Morgan fingerprint density at radius 3 is 2.41 bits per heavy atom. The lowest BCUT2D eigenvalue weighted by Crippen LogP contribution is -2.29.